The fourth-order valence-electron chi connectivity index (χ4n) is 5.35. The van der Waals surface area contributed by atoms with Gasteiger partial charge in [-0.2, -0.15) is 0 Å². The highest BCUT2D eigenvalue weighted by Crippen LogP contribution is 2.39. The Balaban J connectivity index is 1.05. The second kappa shape index (κ2) is 18.1. The van der Waals surface area contributed by atoms with Crippen molar-refractivity contribution in [3.63, 3.8) is 0 Å². The van der Waals surface area contributed by atoms with Crippen LogP contribution in [0.3, 0.4) is 0 Å². The molecule has 0 saturated carbocycles. The van der Waals surface area contributed by atoms with Gasteiger partial charge in [-0.05, 0) is 48.6 Å². The Bertz CT molecular complexity index is 1620. The van der Waals surface area contributed by atoms with E-state index < -0.39 is 6.29 Å². The maximum absolute atomic E-state index is 12.5. The second-order valence-electron chi connectivity index (χ2n) is 11.8. The first-order chi connectivity index (χ1) is 23.4. The summed E-state index contributed by atoms with van der Waals surface area (Å²) in [5, 5.41) is 24.6. The lowest BCUT2D eigenvalue weighted by Gasteiger charge is -2.36. The molecule has 0 radical (unpaired) electrons. The van der Waals surface area contributed by atoms with Crippen LogP contribution in [-0.4, -0.2) is 39.0 Å². The van der Waals surface area contributed by atoms with Gasteiger partial charge in [0.2, 0.25) is 11.8 Å². The third-order valence-electron chi connectivity index (χ3n) is 8.05. The summed E-state index contributed by atoms with van der Waals surface area (Å²) in [6, 6.07) is 23.0. The van der Waals surface area contributed by atoms with Crippen LogP contribution in [0.2, 0.25) is 0 Å². The molecule has 48 heavy (non-hydrogen) atoms. The summed E-state index contributed by atoms with van der Waals surface area (Å²) >= 11 is 3.22. The lowest BCUT2D eigenvalue weighted by molar-refractivity contribution is -0.245. The maximum Gasteiger partial charge on any atom is 0.224 e. The first-order valence-corrected chi connectivity index (χ1v) is 18.1. The highest BCUT2D eigenvalue weighted by atomic mass is 32.2. The number of thioether (sulfide) groups is 1. The average Bonchev–Trinajstić information content (AvgIpc) is 3.53. The average molecular weight is 690 g/mol. The van der Waals surface area contributed by atoms with Crippen molar-refractivity contribution in [2.75, 3.05) is 16.8 Å². The van der Waals surface area contributed by atoms with Gasteiger partial charge >= 0.3 is 0 Å². The molecule has 3 unspecified atom stereocenters. The molecule has 12 heteroatoms. The molecule has 1 aromatic heterocycles. The lowest BCUT2D eigenvalue weighted by atomic mass is 10.0. The van der Waals surface area contributed by atoms with Crippen LogP contribution >= 0.6 is 23.1 Å². The van der Waals surface area contributed by atoms with E-state index in [9.17, 15) is 14.7 Å². The number of nitrogen functional groups attached to an aromatic ring is 1. The van der Waals surface area contributed by atoms with E-state index in [1.807, 2.05) is 67.6 Å². The minimum atomic E-state index is -0.547. The summed E-state index contributed by atoms with van der Waals surface area (Å²) in [4.78, 5) is 24.6. The van der Waals surface area contributed by atoms with Crippen LogP contribution in [0.15, 0.2) is 77.1 Å². The van der Waals surface area contributed by atoms with Gasteiger partial charge in [0.05, 0.1) is 30.2 Å². The number of aliphatic hydroxyl groups excluding tert-OH is 1. The first kappa shape index (κ1) is 35.5. The number of rotatable bonds is 16. The summed E-state index contributed by atoms with van der Waals surface area (Å²) in [6.45, 7) is 2.38. The molecule has 2 heterocycles. The summed E-state index contributed by atoms with van der Waals surface area (Å²) in [7, 11) is 0. The number of aliphatic hydroxyl groups is 1. The van der Waals surface area contributed by atoms with E-state index in [-0.39, 0.29) is 30.6 Å². The van der Waals surface area contributed by atoms with Gasteiger partial charge in [0, 0.05) is 37.1 Å². The fraction of sp³-hybridized carbons (Fsp3) is 0.389. The van der Waals surface area contributed by atoms with Gasteiger partial charge < -0.3 is 30.9 Å². The van der Waals surface area contributed by atoms with E-state index in [1.54, 1.807) is 35.2 Å². The van der Waals surface area contributed by atoms with E-state index in [0.29, 0.717) is 37.2 Å². The molecule has 5 N–H and O–H groups in total. The molecule has 2 amide bonds. The van der Waals surface area contributed by atoms with Gasteiger partial charge in [-0.25, -0.2) is 0 Å². The predicted octanol–water partition coefficient (Wildman–Crippen LogP) is 6.85. The molecule has 1 fully saturated rings. The van der Waals surface area contributed by atoms with E-state index in [0.717, 1.165) is 63.0 Å². The Kier molecular flexibility index (Phi) is 13.4. The van der Waals surface area contributed by atoms with Crippen LogP contribution in [0.4, 0.5) is 11.4 Å². The molecule has 254 valence electrons. The van der Waals surface area contributed by atoms with Gasteiger partial charge in [-0.3, -0.25) is 9.59 Å². The Morgan fingerprint density at radius 2 is 1.58 bits per heavy atom. The van der Waals surface area contributed by atoms with Crippen LogP contribution < -0.4 is 16.4 Å². The Morgan fingerprint density at radius 3 is 2.27 bits per heavy atom. The number of aromatic nitrogens is 2. The number of para-hydroxylation sites is 2. The van der Waals surface area contributed by atoms with Crippen LogP contribution in [0.25, 0.3) is 0 Å². The number of anilines is 2. The van der Waals surface area contributed by atoms with Crippen molar-refractivity contribution in [3.8, 4) is 0 Å². The number of nitrogens with one attached hydrogen (secondary N) is 2. The van der Waals surface area contributed by atoms with Crippen LogP contribution in [0.1, 0.15) is 84.6 Å². The van der Waals surface area contributed by atoms with Gasteiger partial charge in [0.15, 0.2) is 10.6 Å². The van der Waals surface area contributed by atoms with Crippen LogP contribution in [0, 0.1) is 6.92 Å². The number of hydrogen-bond acceptors (Lipinski definition) is 10. The van der Waals surface area contributed by atoms with Gasteiger partial charge in [-0.1, -0.05) is 96.6 Å². The van der Waals surface area contributed by atoms with E-state index >= 15 is 0 Å². The molecule has 3 atom stereocenters. The molecule has 4 aromatic rings. The SMILES string of the molecule is Cc1nnc(SCC2CC(c3ccc(CO)cc3)OC(c3ccc(CNC(=O)CCCCCCC(=O)Nc4ccccc4N)cc3)O2)s1. The molecule has 0 bridgehead atoms. The molecule has 1 saturated heterocycles. The standard InChI is InChI=1S/C36H43N5O5S2/c1-24-40-41-36(48-24)47-23-29-20-32(27-16-14-26(22-42)15-17-27)46-35(45-29)28-18-12-25(13-19-28)21-38-33(43)10-4-2-3-5-11-34(44)39-31-9-7-6-8-30(31)37/h6-9,12-19,29,32,35,42H,2-5,10-11,20-23,37H2,1H3,(H,38,43)(H,39,44). The van der Waals surface area contributed by atoms with Crippen molar-refractivity contribution in [2.24, 2.45) is 0 Å². The largest absolute Gasteiger partial charge is 0.397 e. The van der Waals surface area contributed by atoms with Gasteiger partial charge in [0.1, 0.15) is 5.01 Å². The van der Waals surface area contributed by atoms with Crippen molar-refractivity contribution >= 4 is 46.3 Å². The topological polar surface area (TPSA) is 149 Å². The maximum atomic E-state index is 12.5. The van der Waals surface area contributed by atoms with Crippen LogP contribution in [0.5, 0.6) is 0 Å². The van der Waals surface area contributed by atoms with E-state index in [2.05, 4.69) is 20.8 Å². The number of carbonyl (C=O) groups is 2. The van der Waals surface area contributed by atoms with E-state index in [1.165, 1.54) is 0 Å². The second-order valence-corrected chi connectivity index (χ2v) is 14.3. The minimum absolute atomic E-state index is 0.00113. The third-order valence-corrected chi connectivity index (χ3v) is 10.2. The number of nitrogens with two attached hydrogens (primary N) is 1. The zero-order chi connectivity index (χ0) is 33.7. The van der Waals surface area contributed by atoms with Crippen molar-refractivity contribution in [1.29, 1.82) is 0 Å². The smallest absolute Gasteiger partial charge is 0.224 e. The number of benzene rings is 3. The monoisotopic (exact) mass is 689 g/mol. The third kappa shape index (κ3) is 10.9. The summed E-state index contributed by atoms with van der Waals surface area (Å²) in [5.41, 5.74) is 10.9. The quantitative estimate of drug-likeness (QED) is 0.0563. The van der Waals surface area contributed by atoms with Crippen LogP contribution in [-0.2, 0) is 32.2 Å². The predicted molar refractivity (Wildman–Crippen MR) is 189 cm³/mol. The van der Waals surface area contributed by atoms with Crippen molar-refractivity contribution in [2.45, 2.75) is 87.9 Å². The van der Waals surface area contributed by atoms with Gasteiger partial charge in [-0.15, -0.1) is 10.2 Å². The molecule has 0 aliphatic carbocycles. The highest BCUT2D eigenvalue weighted by Gasteiger charge is 2.32. The normalized spacial score (nSPS) is 17.6. The Hall–Kier alpha value is -3.81. The first-order valence-electron chi connectivity index (χ1n) is 16.3. The number of nitrogens with zero attached hydrogens (tertiary/aromatic N) is 2. The van der Waals surface area contributed by atoms with Crippen molar-refractivity contribution in [1.82, 2.24) is 15.5 Å². The zero-order valence-electron chi connectivity index (χ0n) is 27.1. The number of hydrogen-bond donors (Lipinski definition) is 4. The summed E-state index contributed by atoms with van der Waals surface area (Å²) in [6.07, 6.45) is 4.10. The molecule has 3 aromatic carbocycles. The number of aryl methyl sites for hydroxylation is 1. The zero-order valence-corrected chi connectivity index (χ0v) is 28.7. The molecule has 1 aliphatic heterocycles. The molecule has 1 aliphatic rings. The van der Waals surface area contributed by atoms with Crippen molar-refractivity contribution in [3.05, 3.63) is 100 Å². The molecule has 5 rings (SSSR count). The minimum Gasteiger partial charge on any atom is -0.397 e. The lowest BCUT2D eigenvalue weighted by Crippen LogP contribution is -2.31. The van der Waals surface area contributed by atoms with E-state index in [4.69, 9.17) is 15.2 Å². The molecular weight excluding hydrogens is 647 g/mol. The Morgan fingerprint density at radius 1 is 0.896 bits per heavy atom. The number of ether oxygens (including phenoxy) is 2. The number of amides is 2. The molecule has 0 spiro atoms. The number of unbranched alkanes of at least 4 members (excludes halogenated alkanes) is 3. The number of carbonyl (C=O) groups excluding carboxylic acids is 2. The summed E-state index contributed by atoms with van der Waals surface area (Å²) < 4.78 is 13.8. The molecular formula is C36H43N5O5S2. The highest BCUT2D eigenvalue weighted by molar-refractivity contribution is 8.01. The molecule has 10 nitrogen and oxygen atoms in total. The fourth-order valence-corrected chi connectivity index (χ4v) is 7.21. The van der Waals surface area contributed by atoms with Gasteiger partial charge in [0.25, 0.3) is 0 Å². The Labute approximate surface area is 289 Å². The summed E-state index contributed by atoms with van der Waals surface area (Å²) in [5.74, 6) is 0.685. The van der Waals surface area contributed by atoms with Crippen molar-refractivity contribution < 1.29 is 24.2 Å².